The first kappa shape index (κ1) is 25.6. The molecule has 9 heteroatoms. The van der Waals surface area contributed by atoms with Crippen molar-refractivity contribution in [2.75, 3.05) is 7.05 Å². The van der Waals surface area contributed by atoms with Crippen molar-refractivity contribution < 1.29 is 13.2 Å². The highest BCUT2D eigenvalue weighted by Gasteiger charge is 2.44. The molecule has 3 aromatic rings. The third kappa shape index (κ3) is 4.82. The molecule has 37 heavy (non-hydrogen) atoms. The number of nitrogens with one attached hydrogen (secondary N) is 1. The van der Waals surface area contributed by atoms with Gasteiger partial charge in [0.15, 0.2) is 0 Å². The van der Waals surface area contributed by atoms with Crippen LogP contribution >= 0.6 is 0 Å². The van der Waals surface area contributed by atoms with Gasteiger partial charge in [0.05, 0.1) is 5.41 Å². The molecular weight excluding hydrogens is 486 g/mol. The monoisotopic (exact) mass is 521 g/mol. The first-order chi connectivity index (χ1) is 17.8. The Hall–Kier alpha value is -3.04. The number of benzene rings is 2. The molecule has 2 fully saturated rings. The first-order valence-corrected chi connectivity index (χ1v) is 14.6. The van der Waals surface area contributed by atoms with E-state index in [2.05, 4.69) is 15.5 Å². The third-order valence-electron chi connectivity index (χ3n) is 8.37. The van der Waals surface area contributed by atoms with Gasteiger partial charge in [0.2, 0.25) is 15.9 Å². The molecule has 196 valence electrons. The Balaban J connectivity index is 1.35. The second-order valence-corrected chi connectivity index (χ2v) is 12.5. The number of rotatable bonds is 6. The zero-order valence-corrected chi connectivity index (χ0v) is 22.3. The topological polar surface area (TPSA) is 97.2 Å². The lowest BCUT2D eigenvalue weighted by molar-refractivity contribution is -0.127. The van der Waals surface area contributed by atoms with Crippen molar-refractivity contribution in [1.82, 2.24) is 24.4 Å². The van der Waals surface area contributed by atoms with Crippen LogP contribution in [0.3, 0.4) is 0 Å². The molecule has 1 saturated heterocycles. The van der Waals surface area contributed by atoms with Crippen molar-refractivity contribution in [1.29, 1.82) is 0 Å². The number of sulfonamides is 1. The van der Waals surface area contributed by atoms with Crippen molar-refractivity contribution in [3.63, 3.8) is 0 Å². The molecule has 1 aromatic heterocycles. The molecule has 0 bridgehead atoms. The number of carbonyl (C=O) groups is 1. The fourth-order valence-electron chi connectivity index (χ4n) is 6.14. The normalized spacial score (nSPS) is 28.0. The predicted octanol–water partition coefficient (Wildman–Crippen LogP) is 4.13. The van der Waals surface area contributed by atoms with Crippen LogP contribution < -0.4 is 5.32 Å². The summed E-state index contributed by atoms with van der Waals surface area (Å²) in [6, 6.07) is 17.7. The molecular formula is C28H35N5O3S. The number of nitrogens with zero attached hydrogens (tertiary/aromatic N) is 4. The quantitative estimate of drug-likeness (QED) is 0.526. The molecule has 8 nitrogen and oxygen atoms in total. The van der Waals surface area contributed by atoms with E-state index in [4.69, 9.17) is 0 Å². The SMILES string of the molecule is CNC(=O)C1(c2ccc(CN3C(C)CCC(c4ccccc4)S3(=O)=O)cc2)CCC(n2cnnc2)CC1. The van der Waals surface area contributed by atoms with Gasteiger partial charge in [0, 0.05) is 25.7 Å². The summed E-state index contributed by atoms with van der Waals surface area (Å²) in [6.07, 6.45) is 8.11. The Labute approximate surface area is 219 Å². The van der Waals surface area contributed by atoms with E-state index in [9.17, 15) is 13.2 Å². The van der Waals surface area contributed by atoms with Crippen LogP contribution in [0.25, 0.3) is 0 Å². The maximum Gasteiger partial charge on any atom is 0.230 e. The lowest BCUT2D eigenvalue weighted by Crippen LogP contribution is -2.46. The smallest absolute Gasteiger partial charge is 0.230 e. The molecule has 2 heterocycles. The zero-order chi connectivity index (χ0) is 26.0. The van der Waals surface area contributed by atoms with Gasteiger partial charge in [-0.2, -0.15) is 4.31 Å². The Kier molecular flexibility index (Phi) is 7.18. The van der Waals surface area contributed by atoms with Gasteiger partial charge in [-0.25, -0.2) is 8.42 Å². The van der Waals surface area contributed by atoms with Gasteiger partial charge in [-0.1, -0.05) is 54.6 Å². The second kappa shape index (κ2) is 10.4. The Morgan fingerprint density at radius 2 is 1.62 bits per heavy atom. The highest BCUT2D eigenvalue weighted by molar-refractivity contribution is 7.89. The van der Waals surface area contributed by atoms with E-state index in [1.165, 1.54) is 0 Å². The molecule has 0 radical (unpaired) electrons. The number of likely N-dealkylation sites (N-methyl/N-ethyl adjacent to an activating group) is 1. The predicted molar refractivity (Wildman–Crippen MR) is 142 cm³/mol. The van der Waals surface area contributed by atoms with E-state index in [-0.39, 0.29) is 18.0 Å². The third-order valence-corrected chi connectivity index (χ3v) is 10.7. The van der Waals surface area contributed by atoms with E-state index >= 15 is 0 Å². The molecule has 2 unspecified atom stereocenters. The molecule has 2 aromatic carbocycles. The van der Waals surface area contributed by atoms with E-state index in [1.54, 1.807) is 24.0 Å². The zero-order valence-electron chi connectivity index (χ0n) is 21.5. The number of carbonyl (C=O) groups excluding carboxylic acids is 1. The summed E-state index contributed by atoms with van der Waals surface area (Å²) in [5.74, 6) is 0.0281. The highest BCUT2D eigenvalue weighted by Crippen LogP contribution is 2.44. The van der Waals surface area contributed by atoms with Gasteiger partial charge in [0.25, 0.3) is 0 Å². The highest BCUT2D eigenvalue weighted by atomic mass is 32.2. The summed E-state index contributed by atoms with van der Waals surface area (Å²) in [7, 11) is -1.81. The van der Waals surface area contributed by atoms with Gasteiger partial charge in [0.1, 0.15) is 17.9 Å². The maximum atomic E-state index is 13.6. The van der Waals surface area contributed by atoms with Crippen LogP contribution in [0.2, 0.25) is 0 Å². The number of aromatic nitrogens is 3. The minimum Gasteiger partial charge on any atom is -0.358 e. The van der Waals surface area contributed by atoms with Crippen LogP contribution in [0.5, 0.6) is 0 Å². The van der Waals surface area contributed by atoms with Crippen LogP contribution in [0, 0.1) is 0 Å². The molecule has 2 aliphatic rings. The van der Waals surface area contributed by atoms with Crippen LogP contribution in [-0.4, -0.2) is 46.5 Å². The Morgan fingerprint density at radius 1 is 0.973 bits per heavy atom. The Morgan fingerprint density at radius 3 is 2.24 bits per heavy atom. The second-order valence-electron chi connectivity index (χ2n) is 10.4. The van der Waals surface area contributed by atoms with Crippen LogP contribution in [0.15, 0.2) is 67.3 Å². The van der Waals surface area contributed by atoms with Crippen LogP contribution in [0.4, 0.5) is 0 Å². The minimum absolute atomic E-state index is 0.0281. The summed E-state index contributed by atoms with van der Waals surface area (Å²) in [4.78, 5) is 13.2. The lowest BCUT2D eigenvalue weighted by atomic mass is 9.67. The summed E-state index contributed by atoms with van der Waals surface area (Å²) >= 11 is 0. The van der Waals surface area contributed by atoms with Gasteiger partial charge in [-0.15, -0.1) is 10.2 Å². The molecule has 5 rings (SSSR count). The molecule has 1 saturated carbocycles. The fourth-order valence-corrected chi connectivity index (χ4v) is 8.34. The van der Waals surface area contributed by atoms with E-state index in [1.807, 2.05) is 66.1 Å². The van der Waals surface area contributed by atoms with Crippen molar-refractivity contribution in [2.24, 2.45) is 0 Å². The average Bonchev–Trinajstić information content (AvgIpc) is 3.46. The average molecular weight is 522 g/mol. The standard InChI is InChI=1S/C28H35N5O3S/c1-21-8-13-26(23-6-4-3-5-7-23)37(35,36)33(21)18-22-9-11-24(12-10-22)28(27(34)29-2)16-14-25(15-17-28)32-19-30-31-20-32/h3-7,9-12,19-21,25-26H,8,13-18H2,1-2H3,(H,29,34). The number of amides is 1. The molecule has 1 aliphatic heterocycles. The van der Waals surface area contributed by atoms with Crippen molar-refractivity contribution in [2.45, 2.75) is 74.7 Å². The van der Waals surface area contributed by atoms with Gasteiger partial charge < -0.3 is 9.88 Å². The van der Waals surface area contributed by atoms with Crippen LogP contribution in [0.1, 0.15) is 73.4 Å². The van der Waals surface area contributed by atoms with Crippen molar-refractivity contribution in [3.05, 3.63) is 83.9 Å². The fraction of sp³-hybridized carbons (Fsp3) is 0.464. The lowest BCUT2D eigenvalue weighted by Gasteiger charge is -2.39. The van der Waals surface area contributed by atoms with Crippen molar-refractivity contribution >= 4 is 15.9 Å². The Bertz CT molecular complexity index is 1300. The molecule has 1 aliphatic carbocycles. The summed E-state index contributed by atoms with van der Waals surface area (Å²) in [6.45, 7) is 2.32. The minimum atomic E-state index is -3.50. The van der Waals surface area contributed by atoms with Crippen molar-refractivity contribution in [3.8, 4) is 0 Å². The maximum absolute atomic E-state index is 13.6. The van der Waals surface area contributed by atoms with E-state index in [0.29, 0.717) is 13.0 Å². The first-order valence-electron chi connectivity index (χ1n) is 13.1. The summed E-state index contributed by atoms with van der Waals surface area (Å²) in [5, 5.41) is 10.2. The summed E-state index contributed by atoms with van der Waals surface area (Å²) in [5.41, 5.74) is 2.16. The summed E-state index contributed by atoms with van der Waals surface area (Å²) < 4.78 is 30.9. The number of hydrogen-bond acceptors (Lipinski definition) is 5. The molecule has 1 N–H and O–H groups in total. The van der Waals surface area contributed by atoms with Gasteiger partial charge >= 0.3 is 0 Å². The van der Waals surface area contributed by atoms with E-state index < -0.39 is 20.7 Å². The molecule has 2 atom stereocenters. The van der Waals surface area contributed by atoms with E-state index in [0.717, 1.165) is 48.8 Å². The van der Waals surface area contributed by atoms with Gasteiger partial charge in [-0.3, -0.25) is 4.79 Å². The molecule has 1 amide bonds. The largest absolute Gasteiger partial charge is 0.358 e. The molecule has 0 spiro atoms. The van der Waals surface area contributed by atoms with Crippen LogP contribution in [-0.2, 0) is 26.8 Å². The van der Waals surface area contributed by atoms with Gasteiger partial charge in [-0.05, 0) is 62.1 Å². The number of hydrogen-bond donors (Lipinski definition) is 1.